The Morgan fingerprint density at radius 3 is 2.80 bits per heavy atom. The van der Waals surface area contributed by atoms with Gasteiger partial charge in [0, 0.05) is 16.3 Å². The monoisotopic (exact) mass is 307 g/mol. The highest BCUT2D eigenvalue weighted by Crippen LogP contribution is 2.17. The summed E-state index contributed by atoms with van der Waals surface area (Å²) >= 11 is 2.99. The summed E-state index contributed by atoms with van der Waals surface area (Å²) < 4.78 is 0. The minimum atomic E-state index is -0.973. The van der Waals surface area contributed by atoms with Crippen molar-refractivity contribution in [2.45, 2.75) is 13.5 Å². The Morgan fingerprint density at radius 1 is 1.35 bits per heavy atom. The number of aryl methyl sites for hydroxylation is 1. The SMILES string of the molecule is Cc1cscc1C(=O)NCc1cc(C=CC(=O)O)cs1. The lowest BCUT2D eigenvalue weighted by molar-refractivity contribution is -0.131. The lowest BCUT2D eigenvalue weighted by Gasteiger charge is -2.02. The molecule has 2 aromatic rings. The van der Waals surface area contributed by atoms with Crippen LogP contribution in [-0.2, 0) is 11.3 Å². The van der Waals surface area contributed by atoms with Gasteiger partial charge in [0.2, 0.25) is 0 Å². The predicted molar refractivity (Wildman–Crippen MR) is 81.2 cm³/mol. The van der Waals surface area contributed by atoms with E-state index in [1.54, 1.807) is 0 Å². The molecule has 104 valence electrons. The van der Waals surface area contributed by atoms with Gasteiger partial charge in [0.1, 0.15) is 0 Å². The lowest BCUT2D eigenvalue weighted by atomic mass is 10.2. The molecule has 0 saturated carbocycles. The Hall–Kier alpha value is -1.92. The number of thiophene rings is 2. The summed E-state index contributed by atoms with van der Waals surface area (Å²) in [7, 11) is 0. The van der Waals surface area contributed by atoms with Crippen molar-refractivity contribution in [3.8, 4) is 0 Å². The second kappa shape index (κ2) is 6.49. The fourth-order valence-corrected chi connectivity index (χ4v) is 3.22. The maximum Gasteiger partial charge on any atom is 0.328 e. The standard InChI is InChI=1S/C14H13NO3S2/c1-9-6-19-8-12(9)14(18)15-5-11-4-10(7-20-11)2-3-13(16)17/h2-4,6-8H,5H2,1H3,(H,15,18)(H,16,17). The summed E-state index contributed by atoms with van der Waals surface area (Å²) in [6, 6.07) is 1.87. The summed E-state index contributed by atoms with van der Waals surface area (Å²) in [4.78, 5) is 23.3. The van der Waals surface area contributed by atoms with Crippen LogP contribution in [0.1, 0.15) is 26.4 Å². The van der Waals surface area contributed by atoms with Crippen LogP contribution in [0.2, 0.25) is 0 Å². The molecule has 0 atom stereocenters. The van der Waals surface area contributed by atoms with Crippen LogP contribution >= 0.6 is 22.7 Å². The zero-order valence-electron chi connectivity index (χ0n) is 10.8. The van der Waals surface area contributed by atoms with E-state index < -0.39 is 5.97 Å². The molecule has 2 N–H and O–H groups in total. The van der Waals surface area contributed by atoms with Gasteiger partial charge in [-0.1, -0.05) is 0 Å². The van der Waals surface area contributed by atoms with Gasteiger partial charge < -0.3 is 10.4 Å². The first-order valence-electron chi connectivity index (χ1n) is 5.85. The Kier molecular flexibility index (Phi) is 4.70. The number of nitrogens with one attached hydrogen (secondary N) is 1. The number of amides is 1. The third-order valence-electron chi connectivity index (χ3n) is 2.62. The molecule has 2 rings (SSSR count). The molecule has 0 fully saturated rings. The van der Waals surface area contributed by atoms with Crippen LogP contribution in [0.4, 0.5) is 0 Å². The maximum atomic E-state index is 11.9. The minimum absolute atomic E-state index is 0.0835. The number of carbonyl (C=O) groups is 2. The fourth-order valence-electron chi connectivity index (χ4n) is 1.60. The van der Waals surface area contributed by atoms with Crippen LogP contribution in [0.15, 0.2) is 28.3 Å². The molecule has 0 aliphatic heterocycles. The van der Waals surface area contributed by atoms with Crippen LogP contribution in [0.25, 0.3) is 6.08 Å². The van der Waals surface area contributed by atoms with Gasteiger partial charge in [0.25, 0.3) is 5.91 Å². The Labute approximate surface area is 124 Å². The van der Waals surface area contributed by atoms with Crippen molar-refractivity contribution >= 4 is 40.6 Å². The van der Waals surface area contributed by atoms with Gasteiger partial charge in [-0.3, -0.25) is 4.79 Å². The number of hydrogen-bond donors (Lipinski definition) is 2. The average Bonchev–Trinajstić information content (AvgIpc) is 3.02. The molecule has 0 saturated heterocycles. The van der Waals surface area contributed by atoms with Gasteiger partial charge in [-0.05, 0) is 41.0 Å². The Balaban J connectivity index is 1.93. The molecule has 0 aliphatic rings. The van der Waals surface area contributed by atoms with E-state index in [-0.39, 0.29) is 5.91 Å². The summed E-state index contributed by atoms with van der Waals surface area (Å²) in [5.74, 6) is -1.06. The zero-order valence-corrected chi connectivity index (χ0v) is 12.4. The molecule has 2 aromatic heterocycles. The lowest BCUT2D eigenvalue weighted by Crippen LogP contribution is -2.22. The van der Waals surface area contributed by atoms with Crippen LogP contribution in [0.3, 0.4) is 0 Å². The molecular weight excluding hydrogens is 294 g/mol. The maximum absolute atomic E-state index is 11.9. The van der Waals surface area contributed by atoms with E-state index in [0.717, 1.165) is 22.1 Å². The first-order chi connectivity index (χ1) is 9.56. The largest absolute Gasteiger partial charge is 0.478 e. The topological polar surface area (TPSA) is 66.4 Å². The van der Waals surface area contributed by atoms with E-state index in [1.165, 1.54) is 28.7 Å². The molecule has 2 heterocycles. The summed E-state index contributed by atoms with van der Waals surface area (Å²) in [6.45, 7) is 2.35. The zero-order chi connectivity index (χ0) is 14.5. The van der Waals surface area contributed by atoms with Crippen molar-refractivity contribution < 1.29 is 14.7 Å². The summed E-state index contributed by atoms with van der Waals surface area (Å²) in [6.07, 6.45) is 2.63. The van der Waals surface area contributed by atoms with E-state index in [4.69, 9.17) is 5.11 Å². The normalized spacial score (nSPS) is 10.8. The number of carbonyl (C=O) groups excluding carboxylic acids is 1. The van der Waals surface area contributed by atoms with E-state index >= 15 is 0 Å². The van der Waals surface area contributed by atoms with Crippen molar-refractivity contribution in [1.29, 1.82) is 0 Å². The van der Waals surface area contributed by atoms with Crippen LogP contribution in [0, 0.1) is 6.92 Å². The van der Waals surface area contributed by atoms with Crippen molar-refractivity contribution in [2.75, 3.05) is 0 Å². The van der Waals surface area contributed by atoms with Crippen LogP contribution in [-0.4, -0.2) is 17.0 Å². The van der Waals surface area contributed by atoms with Crippen molar-refractivity contribution in [2.24, 2.45) is 0 Å². The minimum Gasteiger partial charge on any atom is -0.478 e. The molecule has 6 heteroatoms. The van der Waals surface area contributed by atoms with Gasteiger partial charge in [0.05, 0.1) is 12.1 Å². The fraction of sp³-hybridized carbons (Fsp3) is 0.143. The number of carboxylic acids is 1. The molecule has 4 nitrogen and oxygen atoms in total. The first kappa shape index (κ1) is 14.5. The van der Waals surface area contributed by atoms with E-state index in [2.05, 4.69) is 5.32 Å². The second-order valence-corrected chi connectivity index (χ2v) is 5.91. The molecule has 0 aromatic carbocycles. The van der Waals surface area contributed by atoms with E-state index in [9.17, 15) is 9.59 Å². The number of rotatable bonds is 5. The molecule has 1 amide bonds. The predicted octanol–water partition coefficient (Wildman–Crippen LogP) is 3.15. The van der Waals surface area contributed by atoms with Gasteiger partial charge in [-0.15, -0.1) is 11.3 Å². The van der Waals surface area contributed by atoms with E-state index in [1.807, 2.05) is 29.1 Å². The Bertz CT molecular complexity index is 655. The van der Waals surface area contributed by atoms with Gasteiger partial charge in [0.15, 0.2) is 0 Å². The van der Waals surface area contributed by atoms with Gasteiger partial charge in [-0.2, -0.15) is 11.3 Å². The number of carboxylic acid groups (broad SMARTS) is 1. The quantitative estimate of drug-likeness (QED) is 0.834. The second-order valence-electron chi connectivity index (χ2n) is 4.17. The van der Waals surface area contributed by atoms with Crippen LogP contribution < -0.4 is 5.32 Å². The highest BCUT2D eigenvalue weighted by atomic mass is 32.1. The smallest absolute Gasteiger partial charge is 0.328 e. The molecule has 0 bridgehead atoms. The van der Waals surface area contributed by atoms with E-state index in [0.29, 0.717) is 12.1 Å². The molecule has 0 radical (unpaired) electrons. The third kappa shape index (κ3) is 3.79. The van der Waals surface area contributed by atoms with Crippen molar-refractivity contribution in [3.05, 3.63) is 49.9 Å². The summed E-state index contributed by atoms with van der Waals surface area (Å²) in [5, 5.41) is 17.0. The number of hydrogen-bond acceptors (Lipinski definition) is 4. The molecular formula is C14H13NO3S2. The molecule has 20 heavy (non-hydrogen) atoms. The highest BCUT2D eigenvalue weighted by molar-refractivity contribution is 7.10. The molecule has 0 aliphatic carbocycles. The molecule has 0 spiro atoms. The highest BCUT2D eigenvalue weighted by Gasteiger charge is 2.09. The van der Waals surface area contributed by atoms with Gasteiger partial charge in [-0.25, -0.2) is 4.79 Å². The van der Waals surface area contributed by atoms with Crippen molar-refractivity contribution in [1.82, 2.24) is 5.32 Å². The van der Waals surface area contributed by atoms with Crippen LogP contribution in [0.5, 0.6) is 0 Å². The van der Waals surface area contributed by atoms with Gasteiger partial charge >= 0.3 is 5.97 Å². The third-order valence-corrected chi connectivity index (χ3v) is 4.43. The first-order valence-corrected chi connectivity index (χ1v) is 7.68. The molecule has 0 unspecified atom stereocenters. The van der Waals surface area contributed by atoms with Crippen molar-refractivity contribution in [3.63, 3.8) is 0 Å². The summed E-state index contributed by atoms with van der Waals surface area (Å²) in [5.41, 5.74) is 2.51. The average molecular weight is 307 g/mol. The Morgan fingerprint density at radius 2 is 2.15 bits per heavy atom. The number of aliphatic carboxylic acids is 1.